The van der Waals surface area contributed by atoms with Crippen molar-refractivity contribution in [2.75, 3.05) is 0 Å². The van der Waals surface area contributed by atoms with Crippen molar-refractivity contribution in [3.05, 3.63) is 54.4 Å². The van der Waals surface area contributed by atoms with Crippen molar-refractivity contribution >= 4 is 0 Å². The topological polar surface area (TPSA) is 79.1 Å². The number of aromatic nitrogens is 3. The summed E-state index contributed by atoms with van der Waals surface area (Å²) in [7, 11) is 0. The van der Waals surface area contributed by atoms with Gasteiger partial charge in [0.05, 0.1) is 11.1 Å². The van der Waals surface area contributed by atoms with Crippen LogP contribution in [0.3, 0.4) is 0 Å². The van der Waals surface area contributed by atoms with Gasteiger partial charge in [-0.25, -0.2) is 15.0 Å². The van der Waals surface area contributed by atoms with Gasteiger partial charge in [-0.3, -0.25) is 0 Å². The number of benzene rings is 2. The average Bonchev–Trinajstić information content (AvgIpc) is 2.47. The Morgan fingerprint density at radius 3 is 1.52 bits per heavy atom. The van der Waals surface area contributed by atoms with E-state index in [4.69, 9.17) is 0 Å². The second-order valence-corrected chi connectivity index (χ2v) is 4.56. The average molecular weight is 279 g/mol. The summed E-state index contributed by atoms with van der Waals surface area (Å²) in [6.45, 7) is 1.74. The maximum absolute atomic E-state index is 9.92. The fourth-order valence-corrected chi connectivity index (χ4v) is 2.05. The van der Waals surface area contributed by atoms with E-state index >= 15 is 0 Å². The van der Waals surface area contributed by atoms with Crippen LogP contribution in [0.2, 0.25) is 0 Å². The van der Waals surface area contributed by atoms with Gasteiger partial charge < -0.3 is 10.2 Å². The van der Waals surface area contributed by atoms with Gasteiger partial charge in [0, 0.05) is 0 Å². The minimum atomic E-state index is 0.103. The van der Waals surface area contributed by atoms with Crippen LogP contribution >= 0.6 is 0 Å². The largest absolute Gasteiger partial charge is 0.507 e. The van der Waals surface area contributed by atoms with Crippen LogP contribution < -0.4 is 0 Å². The Bertz CT molecular complexity index is 739. The van der Waals surface area contributed by atoms with E-state index in [1.54, 1.807) is 55.5 Å². The Hall–Kier alpha value is -2.95. The van der Waals surface area contributed by atoms with E-state index in [1.165, 1.54) is 0 Å². The first-order valence-corrected chi connectivity index (χ1v) is 6.44. The van der Waals surface area contributed by atoms with Gasteiger partial charge in [0.15, 0.2) is 11.6 Å². The van der Waals surface area contributed by atoms with Crippen molar-refractivity contribution in [2.24, 2.45) is 0 Å². The van der Waals surface area contributed by atoms with Crippen molar-refractivity contribution < 1.29 is 10.2 Å². The molecule has 0 radical (unpaired) electrons. The molecule has 0 fully saturated rings. The number of aryl methyl sites for hydroxylation is 1. The number of hydrogen-bond acceptors (Lipinski definition) is 5. The minimum Gasteiger partial charge on any atom is -0.507 e. The zero-order valence-corrected chi connectivity index (χ0v) is 11.4. The SMILES string of the molecule is Cc1nc(-c2ccccc2O)nc(-c2ccccc2O)n1. The summed E-state index contributed by atoms with van der Waals surface area (Å²) in [5.41, 5.74) is 1.05. The lowest BCUT2D eigenvalue weighted by Gasteiger charge is -2.07. The van der Waals surface area contributed by atoms with E-state index in [-0.39, 0.29) is 11.5 Å². The van der Waals surface area contributed by atoms with Crippen molar-refractivity contribution in [2.45, 2.75) is 6.92 Å². The summed E-state index contributed by atoms with van der Waals surface area (Å²) in [4.78, 5) is 12.9. The molecule has 1 heterocycles. The molecular weight excluding hydrogens is 266 g/mol. The maximum atomic E-state index is 9.92. The monoisotopic (exact) mass is 279 g/mol. The number of aromatic hydroxyl groups is 2. The number of rotatable bonds is 2. The molecule has 0 atom stereocenters. The maximum Gasteiger partial charge on any atom is 0.167 e. The van der Waals surface area contributed by atoms with E-state index < -0.39 is 0 Å². The van der Waals surface area contributed by atoms with Crippen LogP contribution in [0.1, 0.15) is 5.82 Å². The van der Waals surface area contributed by atoms with Gasteiger partial charge in [-0.2, -0.15) is 0 Å². The number of nitrogens with zero attached hydrogens (tertiary/aromatic N) is 3. The second kappa shape index (κ2) is 5.20. The number of phenols is 2. The highest BCUT2D eigenvalue weighted by molar-refractivity contribution is 5.68. The quantitative estimate of drug-likeness (QED) is 0.754. The Balaban J connectivity index is 2.18. The van der Waals surface area contributed by atoms with E-state index in [1.807, 2.05) is 0 Å². The molecule has 0 saturated carbocycles. The fraction of sp³-hybridized carbons (Fsp3) is 0.0625. The van der Waals surface area contributed by atoms with Crippen molar-refractivity contribution in [3.8, 4) is 34.3 Å². The molecule has 0 bridgehead atoms. The van der Waals surface area contributed by atoms with Crippen molar-refractivity contribution in [1.82, 2.24) is 15.0 Å². The number of para-hydroxylation sites is 2. The lowest BCUT2D eigenvalue weighted by molar-refractivity contribution is 0.476. The normalized spacial score (nSPS) is 10.5. The molecule has 0 amide bonds. The Morgan fingerprint density at radius 1 is 0.667 bits per heavy atom. The van der Waals surface area contributed by atoms with Gasteiger partial charge in [-0.1, -0.05) is 24.3 Å². The van der Waals surface area contributed by atoms with Gasteiger partial charge in [0.2, 0.25) is 0 Å². The molecule has 5 heteroatoms. The van der Waals surface area contributed by atoms with Crippen LogP contribution in [0, 0.1) is 6.92 Å². The molecule has 3 aromatic rings. The van der Waals surface area contributed by atoms with Crippen LogP contribution in [-0.2, 0) is 0 Å². The van der Waals surface area contributed by atoms with E-state index in [9.17, 15) is 10.2 Å². The van der Waals surface area contributed by atoms with Crippen LogP contribution in [0.4, 0.5) is 0 Å². The van der Waals surface area contributed by atoms with Gasteiger partial charge in [0.25, 0.3) is 0 Å². The molecule has 0 unspecified atom stereocenters. The second-order valence-electron chi connectivity index (χ2n) is 4.56. The molecule has 0 saturated heterocycles. The first-order valence-electron chi connectivity index (χ1n) is 6.44. The van der Waals surface area contributed by atoms with Crippen molar-refractivity contribution in [1.29, 1.82) is 0 Å². The van der Waals surface area contributed by atoms with Crippen LogP contribution in [0.5, 0.6) is 11.5 Å². The van der Waals surface area contributed by atoms with E-state index in [0.717, 1.165) is 0 Å². The summed E-state index contributed by atoms with van der Waals surface area (Å²) < 4.78 is 0. The van der Waals surface area contributed by atoms with E-state index in [2.05, 4.69) is 15.0 Å². The van der Waals surface area contributed by atoms with E-state index in [0.29, 0.717) is 28.6 Å². The summed E-state index contributed by atoms with van der Waals surface area (Å²) >= 11 is 0. The van der Waals surface area contributed by atoms with Gasteiger partial charge in [-0.15, -0.1) is 0 Å². The zero-order chi connectivity index (χ0) is 14.8. The highest BCUT2D eigenvalue weighted by Crippen LogP contribution is 2.29. The molecule has 104 valence electrons. The molecule has 0 aliphatic heterocycles. The lowest BCUT2D eigenvalue weighted by atomic mass is 10.1. The van der Waals surface area contributed by atoms with Crippen LogP contribution in [-0.4, -0.2) is 25.2 Å². The third-order valence-corrected chi connectivity index (χ3v) is 3.04. The Labute approximate surface area is 121 Å². The third-order valence-electron chi connectivity index (χ3n) is 3.04. The molecule has 0 aliphatic rings. The zero-order valence-electron chi connectivity index (χ0n) is 11.4. The third kappa shape index (κ3) is 2.53. The summed E-state index contributed by atoms with van der Waals surface area (Å²) in [5.74, 6) is 1.47. The molecule has 0 spiro atoms. The molecule has 0 aliphatic carbocycles. The standard InChI is InChI=1S/C16H13N3O2/c1-10-17-15(11-6-2-4-8-13(11)20)19-16(18-10)12-7-3-5-9-14(12)21/h2-9,20-21H,1H3. The van der Waals surface area contributed by atoms with Gasteiger partial charge >= 0.3 is 0 Å². The number of phenolic OH excluding ortho intramolecular Hbond substituents is 2. The molecule has 21 heavy (non-hydrogen) atoms. The molecule has 2 N–H and O–H groups in total. The Morgan fingerprint density at radius 2 is 1.10 bits per heavy atom. The molecule has 2 aromatic carbocycles. The lowest BCUT2D eigenvalue weighted by Crippen LogP contribution is -1.99. The highest BCUT2D eigenvalue weighted by Gasteiger charge is 2.13. The molecular formula is C16H13N3O2. The predicted octanol–water partition coefficient (Wildman–Crippen LogP) is 2.93. The predicted molar refractivity (Wildman–Crippen MR) is 78.8 cm³/mol. The molecule has 3 rings (SSSR count). The molecule has 5 nitrogen and oxygen atoms in total. The van der Waals surface area contributed by atoms with Gasteiger partial charge in [-0.05, 0) is 31.2 Å². The summed E-state index contributed by atoms with van der Waals surface area (Å²) in [5, 5.41) is 19.8. The summed E-state index contributed by atoms with van der Waals surface area (Å²) in [6, 6.07) is 13.7. The van der Waals surface area contributed by atoms with Crippen molar-refractivity contribution in [3.63, 3.8) is 0 Å². The first-order chi connectivity index (χ1) is 10.1. The Kier molecular flexibility index (Phi) is 3.23. The van der Waals surface area contributed by atoms with Crippen LogP contribution in [0.15, 0.2) is 48.5 Å². The minimum absolute atomic E-state index is 0.103. The van der Waals surface area contributed by atoms with Crippen LogP contribution in [0.25, 0.3) is 22.8 Å². The molecule has 1 aromatic heterocycles. The highest BCUT2D eigenvalue weighted by atomic mass is 16.3. The van der Waals surface area contributed by atoms with Gasteiger partial charge in [0.1, 0.15) is 17.3 Å². The first kappa shape index (κ1) is 13.1. The number of hydrogen-bond donors (Lipinski definition) is 2. The fourth-order valence-electron chi connectivity index (χ4n) is 2.05. The summed E-state index contributed by atoms with van der Waals surface area (Å²) in [6.07, 6.45) is 0. The smallest absolute Gasteiger partial charge is 0.167 e.